The van der Waals surface area contributed by atoms with Crippen LogP contribution < -0.4 is 11.1 Å². The molecule has 2 aliphatic rings. The number of nitrogens with one attached hydrogen (secondary N) is 1. The molecule has 1 atom stereocenters. The molecular weight excluding hydrogens is 460 g/mol. The number of sulfonamides is 1. The Labute approximate surface area is 198 Å². The van der Waals surface area contributed by atoms with Crippen molar-refractivity contribution in [3.8, 4) is 0 Å². The third kappa shape index (κ3) is 4.70. The molecule has 2 amide bonds. The van der Waals surface area contributed by atoms with Crippen LogP contribution in [0.3, 0.4) is 0 Å². The standard InChI is InChI=1S/C23H30N4O4S2/c1-3-26-13-11-18-19(14-26)32-23(20(18)21(24)28)25-22(29)16-7-9-17(10-8-16)33(30,31)27-12-5-4-6-15(27)2/h7-10,15H,3-6,11-14H2,1-2H3,(H2,24,28)(H,25,29). The first-order chi connectivity index (χ1) is 15.7. The van der Waals surface area contributed by atoms with Crippen LogP contribution in [0.1, 0.15) is 64.3 Å². The fourth-order valence-electron chi connectivity index (χ4n) is 4.59. The molecule has 33 heavy (non-hydrogen) atoms. The monoisotopic (exact) mass is 490 g/mol. The van der Waals surface area contributed by atoms with E-state index in [1.165, 1.54) is 35.6 Å². The highest BCUT2D eigenvalue weighted by atomic mass is 32.2. The molecule has 1 fully saturated rings. The number of carbonyl (C=O) groups excluding carboxylic acids is 2. The van der Waals surface area contributed by atoms with Crippen molar-refractivity contribution < 1.29 is 18.0 Å². The van der Waals surface area contributed by atoms with E-state index < -0.39 is 21.8 Å². The maximum absolute atomic E-state index is 13.0. The van der Waals surface area contributed by atoms with Crippen LogP contribution in [0.5, 0.6) is 0 Å². The van der Waals surface area contributed by atoms with Gasteiger partial charge in [0.1, 0.15) is 5.00 Å². The van der Waals surface area contributed by atoms with Crippen molar-refractivity contribution in [2.45, 2.75) is 57.0 Å². The van der Waals surface area contributed by atoms with Crippen molar-refractivity contribution in [3.63, 3.8) is 0 Å². The third-order valence-electron chi connectivity index (χ3n) is 6.52. The van der Waals surface area contributed by atoms with Gasteiger partial charge < -0.3 is 11.1 Å². The van der Waals surface area contributed by atoms with E-state index in [1.807, 2.05) is 6.92 Å². The second-order valence-corrected chi connectivity index (χ2v) is 11.6. The van der Waals surface area contributed by atoms with Gasteiger partial charge in [-0.25, -0.2) is 8.42 Å². The number of likely N-dealkylation sites (N-methyl/N-ethyl adjacent to an activating group) is 1. The molecule has 0 aliphatic carbocycles. The van der Waals surface area contributed by atoms with Gasteiger partial charge in [-0.15, -0.1) is 11.3 Å². The highest BCUT2D eigenvalue weighted by Crippen LogP contribution is 2.37. The van der Waals surface area contributed by atoms with Crippen LogP contribution in [0.4, 0.5) is 5.00 Å². The van der Waals surface area contributed by atoms with Crippen LogP contribution in [0.25, 0.3) is 0 Å². The molecule has 4 rings (SSSR count). The number of piperidine rings is 1. The Kier molecular flexibility index (Phi) is 6.90. The molecule has 2 aliphatic heterocycles. The van der Waals surface area contributed by atoms with Crippen molar-refractivity contribution in [3.05, 3.63) is 45.8 Å². The molecule has 10 heteroatoms. The molecule has 0 bridgehead atoms. The zero-order valence-corrected chi connectivity index (χ0v) is 20.6. The quantitative estimate of drug-likeness (QED) is 0.646. The summed E-state index contributed by atoms with van der Waals surface area (Å²) >= 11 is 1.38. The van der Waals surface area contributed by atoms with Crippen LogP contribution in [0.2, 0.25) is 0 Å². The summed E-state index contributed by atoms with van der Waals surface area (Å²) in [5.41, 5.74) is 7.27. The largest absolute Gasteiger partial charge is 0.365 e. The Morgan fingerprint density at radius 1 is 1.18 bits per heavy atom. The Bertz CT molecular complexity index is 1160. The molecule has 1 aromatic heterocycles. The van der Waals surface area contributed by atoms with Crippen LogP contribution in [-0.2, 0) is 23.0 Å². The molecule has 178 valence electrons. The number of benzene rings is 1. The fraction of sp³-hybridized carbons (Fsp3) is 0.478. The maximum Gasteiger partial charge on any atom is 0.256 e. The van der Waals surface area contributed by atoms with E-state index >= 15 is 0 Å². The molecule has 1 aromatic carbocycles. The first-order valence-electron chi connectivity index (χ1n) is 11.3. The lowest BCUT2D eigenvalue weighted by Crippen LogP contribution is -2.41. The van der Waals surface area contributed by atoms with Gasteiger partial charge in [-0.05, 0) is 62.6 Å². The minimum absolute atomic E-state index is 0.0348. The highest BCUT2D eigenvalue weighted by Gasteiger charge is 2.31. The third-order valence-corrected chi connectivity index (χ3v) is 9.68. The van der Waals surface area contributed by atoms with Crippen LogP contribution in [0.15, 0.2) is 29.2 Å². The summed E-state index contributed by atoms with van der Waals surface area (Å²) in [4.78, 5) is 28.6. The molecule has 3 N–H and O–H groups in total. The average molecular weight is 491 g/mol. The number of fused-ring (bicyclic) bond motifs is 1. The van der Waals surface area contributed by atoms with Gasteiger partial charge in [0, 0.05) is 36.1 Å². The predicted molar refractivity (Wildman–Crippen MR) is 129 cm³/mol. The normalized spacial score (nSPS) is 19.8. The van der Waals surface area contributed by atoms with E-state index in [0.717, 1.165) is 55.8 Å². The fourth-order valence-corrected chi connectivity index (χ4v) is 7.58. The summed E-state index contributed by atoms with van der Waals surface area (Å²) in [5, 5.41) is 3.28. The number of anilines is 1. The van der Waals surface area contributed by atoms with E-state index in [1.54, 1.807) is 4.31 Å². The van der Waals surface area contributed by atoms with E-state index in [-0.39, 0.29) is 10.9 Å². The van der Waals surface area contributed by atoms with Crippen molar-refractivity contribution in [2.75, 3.05) is 25.0 Å². The van der Waals surface area contributed by atoms with Gasteiger partial charge in [0.2, 0.25) is 10.0 Å². The molecule has 0 saturated carbocycles. The second-order valence-electron chi connectivity index (χ2n) is 8.63. The molecule has 1 unspecified atom stereocenters. The highest BCUT2D eigenvalue weighted by molar-refractivity contribution is 7.89. The van der Waals surface area contributed by atoms with Crippen LogP contribution in [0, 0.1) is 0 Å². The molecule has 0 spiro atoms. The van der Waals surface area contributed by atoms with E-state index in [4.69, 9.17) is 5.73 Å². The number of primary amides is 1. The van der Waals surface area contributed by atoms with Crippen LogP contribution >= 0.6 is 11.3 Å². The summed E-state index contributed by atoms with van der Waals surface area (Å²) in [6.45, 7) is 7.02. The maximum atomic E-state index is 13.0. The van der Waals surface area contributed by atoms with E-state index in [0.29, 0.717) is 22.7 Å². The number of hydrogen-bond acceptors (Lipinski definition) is 6. The van der Waals surface area contributed by atoms with Gasteiger partial charge in [0.15, 0.2) is 0 Å². The van der Waals surface area contributed by atoms with Gasteiger partial charge in [0.05, 0.1) is 10.5 Å². The van der Waals surface area contributed by atoms with Crippen molar-refractivity contribution in [2.24, 2.45) is 5.73 Å². The lowest BCUT2D eigenvalue weighted by atomic mass is 10.0. The Morgan fingerprint density at radius 2 is 1.91 bits per heavy atom. The summed E-state index contributed by atoms with van der Waals surface area (Å²) in [5.74, 6) is -0.955. The first-order valence-corrected chi connectivity index (χ1v) is 13.6. The predicted octanol–water partition coefficient (Wildman–Crippen LogP) is 3.04. The Morgan fingerprint density at radius 3 is 2.55 bits per heavy atom. The van der Waals surface area contributed by atoms with Gasteiger partial charge >= 0.3 is 0 Å². The van der Waals surface area contributed by atoms with Gasteiger partial charge in [-0.2, -0.15) is 4.31 Å². The number of nitrogens with zero attached hydrogens (tertiary/aromatic N) is 2. The van der Waals surface area contributed by atoms with Gasteiger partial charge in [0.25, 0.3) is 11.8 Å². The SMILES string of the molecule is CCN1CCc2c(sc(NC(=O)c3ccc(S(=O)(=O)N4CCCCC4C)cc3)c2C(N)=O)C1. The first kappa shape index (κ1) is 23.9. The number of nitrogens with two attached hydrogens (primary N) is 1. The smallest absolute Gasteiger partial charge is 0.256 e. The molecular formula is C23H30N4O4S2. The lowest BCUT2D eigenvalue weighted by molar-refractivity contribution is 0.1000. The summed E-state index contributed by atoms with van der Waals surface area (Å²) < 4.78 is 27.6. The average Bonchev–Trinajstić information content (AvgIpc) is 3.16. The minimum Gasteiger partial charge on any atom is -0.365 e. The van der Waals surface area contributed by atoms with Crippen molar-refractivity contribution in [1.82, 2.24) is 9.21 Å². The summed E-state index contributed by atoms with van der Waals surface area (Å²) in [6, 6.07) is 5.92. The topological polar surface area (TPSA) is 113 Å². The molecule has 2 aromatic rings. The van der Waals surface area contributed by atoms with Gasteiger partial charge in [-0.3, -0.25) is 14.5 Å². The number of amides is 2. The second kappa shape index (κ2) is 9.54. The van der Waals surface area contributed by atoms with Crippen LogP contribution in [-0.4, -0.2) is 55.1 Å². The number of carbonyl (C=O) groups is 2. The van der Waals surface area contributed by atoms with Crippen molar-refractivity contribution >= 4 is 38.2 Å². The number of rotatable bonds is 6. The van der Waals surface area contributed by atoms with Crippen molar-refractivity contribution in [1.29, 1.82) is 0 Å². The lowest BCUT2D eigenvalue weighted by Gasteiger charge is -2.32. The van der Waals surface area contributed by atoms with E-state index in [9.17, 15) is 18.0 Å². The summed E-state index contributed by atoms with van der Waals surface area (Å²) in [6.07, 6.45) is 3.45. The zero-order valence-electron chi connectivity index (χ0n) is 19.0. The summed E-state index contributed by atoms with van der Waals surface area (Å²) in [7, 11) is -3.60. The molecule has 0 radical (unpaired) electrons. The Balaban J connectivity index is 1.54. The minimum atomic E-state index is -3.60. The number of thiophene rings is 1. The van der Waals surface area contributed by atoms with Gasteiger partial charge in [-0.1, -0.05) is 13.3 Å². The zero-order chi connectivity index (χ0) is 23.8. The molecule has 1 saturated heterocycles. The number of hydrogen-bond donors (Lipinski definition) is 2. The Hall–Kier alpha value is -2.27. The molecule has 3 heterocycles. The molecule has 8 nitrogen and oxygen atoms in total. The van der Waals surface area contributed by atoms with E-state index in [2.05, 4.69) is 17.1 Å².